The number of halogens is 1. The molecule has 0 amide bonds. The van der Waals surface area contributed by atoms with E-state index in [-0.39, 0.29) is 0 Å². The molecule has 0 aromatic carbocycles. The Morgan fingerprint density at radius 1 is 1.08 bits per heavy atom. The molecule has 0 N–H and O–H groups in total. The Kier molecular flexibility index (Phi) is 8.29. The van der Waals surface area contributed by atoms with E-state index in [1.807, 2.05) is 0 Å². The van der Waals surface area contributed by atoms with E-state index in [0.717, 1.165) is 11.9 Å². The molecular formula is C9H21BrN2. The highest BCUT2D eigenvalue weighted by Crippen LogP contribution is 1.94. The summed E-state index contributed by atoms with van der Waals surface area (Å²) in [5.41, 5.74) is 0. The standard InChI is InChI=1S/C9H21BrN2/c1-4-12(7-5-6-10)9-8-11(2)3/h4-9H2,1-3H3. The van der Waals surface area contributed by atoms with Crippen LogP contribution >= 0.6 is 15.9 Å². The van der Waals surface area contributed by atoms with Crippen LogP contribution in [0.15, 0.2) is 0 Å². The van der Waals surface area contributed by atoms with E-state index in [1.54, 1.807) is 0 Å². The lowest BCUT2D eigenvalue weighted by Crippen LogP contribution is -2.32. The van der Waals surface area contributed by atoms with Crippen LogP contribution in [0, 0.1) is 0 Å². The summed E-state index contributed by atoms with van der Waals surface area (Å²) in [6.07, 6.45) is 1.25. The zero-order valence-corrected chi connectivity index (χ0v) is 10.1. The van der Waals surface area contributed by atoms with Crippen molar-refractivity contribution in [2.75, 3.05) is 45.6 Å². The number of rotatable bonds is 7. The Hall–Kier alpha value is 0.400. The Labute approximate surface area is 85.0 Å². The molecular weight excluding hydrogens is 216 g/mol. The Morgan fingerprint density at radius 2 is 1.75 bits per heavy atom. The van der Waals surface area contributed by atoms with Crippen LogP contribution in [0.3, 0.4) is 0 Å². The minimum atomic E-state index is 1.12. The van der Waals surface area contributed by atoms with E-state index in [2.05, 4.69) is 46.7 Å². The van der Waals surface area contributed by atoms with E-state index in [9.17, 15) is 0 Å². The first-order valence-electron chi connectivity index (χ1n) is 4.63. The molecule has 0 atom stereocenters. The summed E-state index contributed by atoms with van der Waals surface area (Å²) < 4.78 is 0. The van der Waals surface area contributed by atoms with Crippen LogP contribution in [-0.4, -0.2) is 55.4 Å². The maximum absolute atomic E-state index is 3.45. The van der Waals surface area contributed by atoms with Crippen molar-refractivity contribution in [2.24, 2.45) is 0 Å². The average molecular weight is 237 g/mol. The molecule has 0 fully saturated rings. The third-order valence-electron chi connectivity index (χ3n) is 1.92. The number of likely N-dealkylation sites (N-methyl/N-ethyl adjacent to an activating group) is 2. The molecule has 0 aliphatic carbocycles. The molecule has 0 saturated carbocycles. The van der Waals surface area contributed by atoms with Gasteiger partial charge in [0.15, 0.2) is 0 Å². The van der Waals surface area contributed by atoms with E-state index >= 15 is 0 Å². The molecule has 12 heavy (non-hydrogen) atoms. The van der Waals surface area contributed by atoms with Crippen LogP contribution in [0.1, 0.15) is 13.3 Å². The molecule has 0 spiro atoms. The summed E-state index contributed by atoms with van der Waals surface area (Å²) in [6, 6.07) is 0. The van der Waals surface area contributed by atoms with E-state index in [0.29, 0.717) is 0 Å². The smallest absolute Gasteiger partial charge is 0.0109 e. The first kappa shape index (κ1) is 12.4. The van der Waals surface area contributed by atoms with Gasteiger partial charge >= 0.3 is 0 Å². The summed E-state index contributed by atoms with van der Waals surface area (Å²) in [5.74, 6) is 0. The number of nitrogens with zero attached hydrogens (tertiary/aromatic N) is 2. The van der Waals surface area contributed by atoms with Crippen LogP contribution in [0.5, 0.6) is 0 Å². The Balaban J connectivity index is 3.39. The zero-order valence-electron chi connectivity index (χ0n) is 8.52. The first-order chi connectivity index (χ1) is 5.70. The monoisotopic (exact) mass is 236 g/mol. The third-order valence-corrected chi connectivity index (χ3v) is 2.48. The van der Waals surface area contributed by atoms with Crippen molar-refractivity contribution in [3.63, 3.8) is 0 Å². The molecule has 0 aliphatic heterocycles. The van der Waals surface area contributed by atoms with E-state index in [4.69, 9.17) is 0 Å². The molecule has 0 heterocycles. The molecule has 0 saturated heterocycles. The quantitative estimate of drug-likeness (QED) is 0.621. The van der Waals surface area contributed by atoms with E-state index in [1.165, 1.54) is 26.1 Å². The second kappa shape index (κ2) is 8.02. The summed E-state index contributed by atoms with van der Waals surface area (Å²) in [4.78, 5) is 4.72. The summed E-state index contributed by atoms with van der Waals surface area (Å²) >= 11 is 3.45. The van der Waals surface area contributed by atoms with Crippen LogP contribution in [0.25, 0.3) is 0 Å². The van der Waals surface area contributed by atoms with Gasteiger partial charge in [0, 0.05) is 18.4 Å². The van der Waals surface area contributed by atoms with Gasteiger partial charge in [0.1, 0.15) is 0 Å². The van der Waals surface area contributed by atoms with Gasteiger partial charge in [-0.2, -0.15) is 0 Å². The largest absolute Gasteiger partial charge is 0.308 e. The fourth-order valence-electron chi connectivity index (χ4n) is 1.05. The number of hydrogen-bond acceptors (Lipinski definition) is 2. The number of alkyl halides is 1. The van der Waals surface area contributed by atoms with Crippen molar-refractivity contribution >= 4 is 15.9 Å². The average Bonchev–Trinajstić information content (AvgIpc) is 2.05. The van der Waals surface area contributed by atoms with Gasteiger partial charge in [0.05, 0.1) is 0 Å². The minimum absolute atomic E-state index is 1.12. The van der Waals surface area contributed by atoms with Crippen molar-refractivity contribution in [3.05, 3.63) is 0 Å². The van der Waals surface area contributed by atoms with Crippen molar-refractivity contribution in [2.45, 2.75) is 13.3 Å². The van der Waals surface area contributed by atoms with Gasteiger partial charge in [-0.25, -0.2) is 0 Å². The lowest BCUT2D eigenvalue weighted by atomic mass is 10.4. The SMILES string of the molecule is CCN(CCCBr)CCN(C)C. The van der Waals surface area contributed by atoms with E-state index < -0.39 is 0 Å². The molecule has 0 bridgehead atoms. The molecule has 0 radical (unpaired) electrons. The van der Waals surface area contributed by atoms with Crippen molar-refractivity contribution in [3.8, 4) is 0 Å². The molecule has 2 nitrogen and oxygen atoms in total. The fourth-order valence-corrected chi connectivity index (χ4v) is 1.30. The molecule has 74 valence electrons. The summed E-state index contributed by atoms with van der Waals surface area (Å²) in [7, 11) is 4.25. The molecule has 0 rings (SSSR count). The highest BCUT2D eigenvalue weighted by atomic mass is 79.9. The van der Waals surface area contributed by atoms with Gasteiger partial charge in [0.2, 0.25) is 0 Å². The molecule has 0 unspecified atom stereocenters. The van der Waals surface area contributed by atoms with Crippen LogP contribution in [-0.2, 0) is 0 Å². The Bertz CT molecular complexity index is 96.5. The van der Waals surface area contributed by atoms with Crippen molar-refractivity contribution < 1.29 is 0 Å². The van der Waals surface area contributed by atoms with Gasteiger partial charge in [0.25, 0.3) is 0 Å². The minimum Gasteiger partial charge on any atom is -0.308 e. The van der Waals surface area contributed by atoms with Gasteiger partial charge < -0.3 is 9.80 Å². The normalized spacial score (nSPS) is 11.5. The predicted molar refractivity (Wildman–Crippen MR) is 59.1 cm³/mol. The third kappa shape index (κ3) is 7.07. The van der Waals surface area contributed by atoms with Gasteiger partial charge in [-0.05, 0) is 33.6 Å². The molecule has 0 aliphatic rings. The Morgan fingerprint density at radius 3 is 2.17 bits per heavy atom. The molecule has 3 heteroatoms. The highest BCUT2D eigenvalue weighted by molar-refractivity contribution is 9.09. The van der Waals surface area contributed by atoms with Crippen LogP contribution in [0.4, 0.5) is 0 Å². The van der Waals surface area contributed by atoms with Gasteiger partial charge in [-0.1, -0.05) is 22.9 Å². The fraction of sp³-hybridized carbons (Fsp3) is 1.00. The molecule has 0 aromatic heterocycles. The first-order valence-corrected chi connectivity index (χ1v) is 5.76. The van der Waals surface area contributed by atoms with Crippen LogP contribution < -0.4 is 0 Å². The zero-order chi connectivity index (χ0) is 9.40. The van der Waals surface area contributed by atoms with Crippen LogP contribution in [0.2, 0.25) is 0 Å². The predicted octanol–water partition coefficient (Wildman–Crippen LogP) is 1.65. The second-order valence-electron chi connectivity index (χ2n) is 3.28. The number of hydrogen-bond donors (Lipinski definition) is 0. The van der Waals surface area contributed by atoms with Crippen molar-refractivity contribution in [1.82, 2.24) is 9.80 Å². The lowest BCUT2D eigenvalue weighted by Gasteiger charge is -2.21. The molecule has 0 aromatic rings. The van der Waals surface area contributed by atoms with Crippen molar-refractivity contribution in [1.29, 1.82) is 0 Å². The van der Waals surface area contributed by atoms with Gasteiger partial charge in [-0.3, -0.25) is 0 Å². The second-order valence-corrected chi connectivity index (χ2v) is 4.07. The van der Waals surface area contributed by atoms with Gasteiger partial charge in [-0.15, -0.1) is 0 Å². The summed E-state index contributed by atoms with van der Waals surface area (Å²) in [5, 5.41) is 1.12. The maximum Gasteiger partial charge on any atom is 0.0109 e. The lowest BCUT2D eigenvalue weighted by molar-refractivity contribution is 0.252. The topological polar surface area (TPSA) is 6.48 Å². The maximum atomic E-state index is 3.45. The highest BCUT2D eigenvalue weighted by Gasteiger charge is 2.01. The summed E-state index contributed by atoms with van der Waals surface area (Å²) in [6.45, 7) is 6.97.